The van der Waals surface area contributed by atoms with E-state index in [-0.39, 0.29) is 41.3 Å². The fourth-order valence-corrected chi connectivity index (χ4v) is 4.85. The summed E-state index contributed by atoms with van der Waals surface area (Å²) in [5.74, 6) is -1.37. The van der Waals surface area contributed by atoms with E-state index in [9.17, 15) is 30.9 Å². The molecule has 2 aromatic rings. The van der Waals surface area contributed by atoms with Crippen LogP contribution in [0.4, 0.5) is 13.2 Å². The molecule has 0 aliphatic heterocycles. The summed E-state index contributed by atoms with van der Waals surface area (Å²) in [4.78, 5) is 11.8. The van der Waals surface area contributed by atoms with E-state index in [1.165, 1.54) is 24.3 Å². The molecule has 0 saturated heterocycles. The molecule has 0 aliphatic carbocycles. The van der Waals surface area contributed by atoms with E-state index in [0.29, 0.717) is 0 Å². The number of carbonyl (C=O) groups is 1. The van der Waals surface area contributed by atoms with Crippen molar-refractivity contribution in [1.82, 2.24) is 0 Å². The molecule has 2 aromatic carbocycles. The van der Waals surface area contributed by atoms with Crippen molar-refractivity contribution in [2.45, 2.75) is 25.5 Å². The molecule has 8 nitrogen and oxygen atoms in total. The maximum atomic E-state index is 12.8. The van der Waals surface area contributed by atoms with E-state index in [1.807, 2.05) is 0 Å². The highest BCUT2D eigenvalue weighted by Crippen LogP contribution is 2.52. The Morgan fingerprint density at radius 2 is 1.68 bits per heavy atom. The number of carbonyl (C=O) groups excluding carboxylic acids is 1. The van der Waals surface area contributed by atoms with Crippen LogP contribution in [0, 0.1) is 0 Å². The monoisotopic (exact) mass is 484 g/mol. The number of hydrogen-bond donors (Lipinski definition) is 0. The van der Waals surface area contributed by atoms with Crippen LogP contribution in [-0.2, 0) is 34.6 Å². The van der Waals surface area contributed by atoms with Crippen LogP contribution < -0.4 is 4.18 Å². The second-order valence-corrected chi connectivity index (χ2v) is 9.70. The third kappa shape index (κ3) is 5.97. The molecule has 0 saturated carbocycles. The van der Waals surface area contributed by atoms with Crippen LogP contribution in [-0.4, -0.2) is 40.2 Å². The molecule has 13 heteroatoms. The van der Waals surface area contributed by atoms with Crippen molar-refractivity contribution >= 4 is 34.5 Å². The highest BCUT2D eigenvalue weighted by Gasteiger charge is 2.48. The lowest BCUT2D eigenvalue weighted by molar-refractivity contribution is -0.0499. The van der Waals surface area contributed by atoms with E-state index in [2.05, 4.69) is 8.92 Å². The van der Waals surface area contributed by atoms with E-state index in [0.717, 1.165) is 13.2 Å². The Hall–Kier alpha value is -2.14. The average Bonchev–Trinajstić information content (AvgIpc) is 2.65. The second-order valence-electron chi connectivity index (χ2n) is 6.11. The Bertz CT molecular complexity index is 1100. The van der Waals surface area contributed by atoms with Crippen LogP contribution >= 0.6 is 7.60 Å². The number of halogens is 3. The van der Waals surface area contributed by atoms with E-state index < -0.39 is 34.9 Å². The number of methoxy groups -OCH3 is 1. The molecule has 0 aromatic heterocycles. The lowest BCUT2D eigenvalue weighted by Gasteiger charge is -2.18. The fourth-order valence-electron chi connectivity index (χ4n) is 2.71. The summed E-state index contributed by atoms with van der Waals surface area (Å²) in [5.41, 5.74) is -5.48. The predicted molar refractivity (Wildman–Crippen MR) is 105 cm³/mol. The maximum absolute atomic E-state index is 12.8. The molecule has 0 heterocycles. The van der Waals surface area contributed by atoms with Crippen LogP contribution in [0.25, 0.3) is 10.8 Å². The Morgan fingerprint density at radius 1 is 1.06 bits per heavy atom. The summed E-state index contributed by atoms with van der Waals surface area (Å²) in [6.45, 7) is 3.25. The normalized spacial score (nSPS) is 12.7. The molecular weight excluding hydrogens is 464 g/mol. The molecule has 172 valence electrons. The third-order valence-corrected chi connectivity index (χ3v) is 6.93. The smallest absolute Gasteiger partial charge is 0.465 e. The Labute approximate surface area is 176 Å². The highest BCUT2D eigenvalue weighted by atomic mass is 32.2. The molecule has 0 spiro atoms. The van der Waals surface area contributed by atoms with Gasteiger partial charge in [0.15, 0.2) is 5.75 Å². The summed E-state index contributed by atoms with van der Waals surface area (Å²) >= 11 is 0. The number of ether oxygens (including phenoxy) is 1. The molecule has 0 radical (unpaired) electrons. The number of alkyl halides is 3. The largest absolute Gasteiger partial charge is 0.534 e. The number of fused-ring (bicyclic) bond motifs is 1. The fraction of sp³-hybridized carbons (Fsp3) is 0.389. The first-order chi connectivity index (χ1) is 14.4. The summed E-state index contributed by atoms with van der Waals surface area (Å²) < 4.78 is 93.8. The van der Waals surface area contributed by atoms with Gasteiger partial charge in [-0.1, -0.05) is 6.07 Å². The van der Waals surface area contributed by atoms with Crippen LogP contribution in [0.3, 0.4) is 0 Å². The lowest BCUT2D eigenvalue weighted by atomic mass is 10.0. The minimum absolute atomic E-state index is 0.0214. The third-order valence-electron chi connectivity index (χ3n) is 3.91. The van der Waals surface area contributed by atoms with Crippen LogP contribution in [0.5, 0.6) is 5.75 Å². The number of esters is 1. The van der Waals surface area contributed by atoms with Gasteiger partial charge in [0.25, 0.3) is 0 Å². The SMILES string of the molecule is CCOP(=O)(Cc1cc(OS(=O)(=O)C(F)(F)F)c2ccc(C(=O)OC)cc2c1)OCC. The first-order valence-electron chi connectivity index (χ1n) is 8.89. The lowest BCUT2D eigenvalue weighted by Crippen LogP contribution is -2.28. The molecule has 0 amide bonds. The van der Waals surface area contributed by atoms with Gasteiger partial charge in [-0.25, -0.2) is 4.79 Å². The first kappa shape index (κ1) is 25.1. The van der Waals surface area contributed by atoms with Crippen LogP contribution in [0.2, 0.25) is 0 Å². The summed E-state index contributed by atoms with van der Waals surface area (Å²) in [5, 5.41) is 0.138. The van der Waals surface area contributed by atoms with Gasteiger partial charge in [-0.2, -0.15) is 21.6 Å². The Kier molecular flexibility index (Phi) is 7.75. The van der Waals surface area contributed by atoms with Gasteiger partial charge in [0.2, 0.25) is 0 Å². The maximum Gasteiger partial charge on any atom is 0.534 e. The van der Waals surface area contributed by atoms with Gasteiger partial charge < -0.3 is 18.0 Å². The standard InChI is InChI=1S/C18H20F3O8PS/c1-4-27-30(23,28-5-2)11-12-8-14-10-13(17(22)26-3)6-7-15(14)16(9-12)29-31(24,25)18(19,20)21/h6-10H,4-5,11H2,1-3H3. The number of benzene rings is 2. The van der Waals surface area contributed by atoms with E-state index >= 15 is 0 Å². The van der Waals surface area contributed by atoms with E-state index in [1.54, 1.807) is 13.8 Å². The molecule has 31 heavy (non-hydrogen) atoms. The predicted octanol–water partition coefficient (Wildman–Crippen LogP) is 4.62. The topological polar surface area (TPSA) is 105 Å². The molecule has 0 N–H and O–H groups in total. The zero-order chi connectivity index (χ0) is 23.4. The van der Waals surface area contributed by atoms with Crippen molar-refractivity contribution in [3.63, 3.8) is 0 Å². The van der Waals surface area contributed by atoms with Gasteiger partial charge in [-0.05, 0) is 49.1 Å². The minimum atomic E-state index is -5.98. The van der Waals surface area contributed by atoms with Crippen molar-refractivity contribution in [3.8, 4) is 5.75 Å². The second kappa shape index (κ2) is 9.56. The minimum Gasteiger partial charge on any atom is -0.465 e. The number of rotatable bonds is 9. The molecule has 2 rings (SSSR count). The van der Waals surface area contributed by atoms with Crippen molar-refractivity contribution in [1.29, 1.82) is 0 Å². The summed E-state index contributed by atoms with van der Waals surface area (Å²) in [6, 6.07) is 6.17. The average molecular weight is 484 g/mol. The van der Waals surface area contributed by atoms with Gasteiger partial charge >= 0.3 is 29.2 Å². The Morgan fingerprint density at radius 3 is 2.19 bits per heavy atom. The van der Waals surface area contributed by atoms with Crippen molar-refractivity contribution in [3.05, 3.63) is 41.5 Å². The molecule has 0 aliphatic rings. The van der Waals surface area contributed by atoms with Crippen molar-refractivity contribution in [2.24, 2.45) is 0 Å². The zero-order valence-corrected chi connectivity index (χ0v) is 18.5. The molecule has 0 bridgehead atoms. The van der Waals surface area contributed by atoms with Gasteiger partial charge in [-0.15, -0.1) is 0 Å². The van der Waals surface area contributed by atoms with Gasteiger partial charge in [0.1, 0.15) is 0 Å². The summed E-state index contributed by atoms with van der Waals surface area (Å²) in [7, 11) is -8.51. The highest BCUT2D eigenvalue weighted by molar-refractivity contribution is 7.88. The van der Waals surface area contributed by atoms with Crippen molar-refractivity contribution in [2.75, 3.05) is 20.3 Å². The van der Waals surface area contributed by atoms with Gasteiger partial charge in [-0.3, -0.25) is 4.57 Å². The van der Waals surface area contributed by atoms with Gasteiger partial charge in [0, 0.05) is 5.39 Å². The van der Waals surface area contributed by atoms with Crippen LogP contribution in [0.1, 0.15) is 29.8 Å². The molecule has 0 atom stereocenters. The molecule has 0 fully saturated rings. The zero-order valence-electron chi connectivity index (χ0n) is 16.8. The van der Waals surface area contributed by atoms with Crippen molar-refractivity contribution < 1.29 is 48.9 Å². The summed E-state index contributed by atoms with van der Waals surface area (Å²) in [6.07, 6.45) is -0.366. The molecule has 0 unspecified atom stereocenters. The van der Waals surface area contributed by atoms with Gasteiger partial charge in [0.05, 0.1) is 32.0 Å². The first-order valence-corrected chi connectivity index (χ1v) is 12.0. The van der Waals surface area contributed by atoms with Crippen LogP contribution in [0.15, 0.2) is 30.3 Å². The van der Waals surface area contributed by atoms with E-state index in [4.69, 9.17) is 9.05 Å². The number of hydrogen-bond acceptors (Lipinski definition) is 8. The quantitative estimate of drug-likeness (QED) is 0.220. The molecular formula is C18H20F3O8PS. The Balaban J connectivity index is 2.67.